The minimum atomic E-state index is -0.601. The van der Waals surface area contributed by atoms with Crippen molar-refractivity contribution in [2.45, 2.75) is 44.4 Å². The van der Waals surface area contributed by atoms with E-state index in [2.05, 4.69) is 34.1 Å². The van der Waals surface area contributed by atoms with Crippen molar-refractivity contribution in [3.8, 4) is 22.5 Å². The van der Waals surface area contributed by atoms with E-state index in [9.17, 15) is 9.90 Å². The van der Waals surface area contributed by atoms with E-state index in [1.807, 2.05) is 36.4 Å². The monoisotopic (exact) mass is 664 g/mol. The van der Waals surface area contributed by atoms with Gasteiger partial charge in [-0.2, -0.15) is 0 Å². The Labute approximate surface area is 246 Å². The number of piperidine rings is 2. The number of Topliss-reactive ketones (excluding diaryl/α,β-unsaturated/α-hetero) is 1. The molecule has 0 spiro atoms. The van der Waals surface area contributed by atoms with Crippen LogP contribution >= 0.6 is 0 Å². The van der Waals surface area contributed by atoms with Crippen LogP contribution in [0.25, 0.3) is 28.1 Å². The van der Waals surface area contributed by atoms with Gasteiger partial charge in [-0.05, 0) is 0 Å². The van der Waals surface area contributed by atoms with Crippen LogP contribution in [0.2, 0.25) is 0 Å². The SMILES string of the molecule is O=C1C(c2[se]c(N3CCCCC3)nc2-c2ccccc2)=C(O)C1c1[se]c(N2CCCCC2)nc1-c1ccccc1. The topological polar surface area (TPSA) is 69.6 Å². The maximum absolute atomic E-state index is 14.1. The number of aromatic nitrogens is 2. The van der Waals surface area contributed by atoms with Gasteiger partial charge in [0.15, 0.2) is 0 Å². The van der Waals surface area contributed by atoms with Crippen molar-refractivity contribution in [1.29, 1.82) is 0 Å². The van der Waals surface area contributed by atoms with Gasteiger partial charge in [0.2, 0.25) is 0 Å². The number of rotatable bonds is 6. The van der Waals surface area contributed by atoms with Gasteiger partial charge in [0.1, 0.15) is 0 Å². The number of benzene rings is 2. The average Bonchev–Trinajstić information content (AvgIpc) is 3.65. The normalized spacial score (nSPS) is 19.7. The van der Waals surface area contributed by atoms with Crippen molar-refractivity contribution in [3.05, 3.63) is 75.3 Å². The van der Waals surface area contributed by atoms with Crippen LogP contribution in [0.1, 0.15) is 53.3 Å². The van der Waals surface area contributed by atoms with Crippen molar-refractivity contribution in [2.75, 3.05) is 36.0 Å². The van der Waals surface area contributed by atoms with E-state index < -0.39 is 5.92 Å². The summed E-state index contributed by atoms with van der Waals surface area (Å²) in [5, 5.41) is 11.7. The number of hydrogen-bond acceptors (Lipinski definition) is 6. The van der Waals surface area contributed by atoms with Gasteiger partial charge in [0.25, 0.3) is 0 Å². The van der Waals surface area contributed by atoms with Gasteiger partial charge in [-0.3, -0.25) is 0 Å². The molecule has 4 aromatic rings. The second-order valence-electron chi connectivity index (χ2n) is 10.8. The Bertz CT molecular complexity index is 1550. The molecule has 204 valence electrons. The van der Waals surface area contributed by atoms with Crippen molar-refractivity contribution in [3.63, 3.8) is 0 Å². The first-order valence-corrected chi connectivity index (χ1v) is 17.7. The van der Waals surface area contributed by atoms with Crippen LogP contribution < -0.4 is 9.80 Å². The van der Waals surface area contributed by atoms with Gasteiger partial charge in [0, 0.05) is 0 Å². The third kappa shape index (κ3) is 4.71. The minimum absolute atomic E-state index is 0.0262. The van der Waals surface area contributed by atoms with Crippen molar-refractivity contribution in [2.24, 2.45) is 0 Å². The fraction of sp³-hybridized carbons (Fsp3) is 0.344. The molecule has 1 unspecified atom stereocenters. The number of allylic oxidation sites excluding steroid dienone is 2. The third-order valence-corrected chi connectivity index (χ3v) is 13.0. The second-order valence-corrected chi connectivity index (χ2v) is 14.9. The quantitative estimate of drug-likeness (QED) is 0.274. The zero-order valence-electron chi connectivity index (χ0n) is 22.4. The molecule has 2 aromatic heterocycles. The Morgan fingerprint density at radius 3 is 1.73 bits per heavy atom. The average molecular weight is 663 g/mol. The molecular formula is C32H32N4O2Se2. The number of ketones is 1. The predicted octanol–water partition coefficient (Wildman–Crippen LogP) is 5.54. The molecule has 7 rings (SSSR count). The summed E-state index contributed by atoms with van der Waals surface area (Å²) in [4.78, 5) is 29.1. The van der Waals surface area contributed by atoms with Crippen LogP contribution in [0.5, 0.6) is 0 Å². The van der Waals surface area contributed by atoms with Gasteiger partial charge in [-0.25, -0.2) is 0 Å². The summed E-state index contributed by atoms with van der Waals surface area (Å²) < 4.78 is 4.11. The Morgan fingerprint density at radius 1 is 0.675 bits per heavy atom. The molecular weight excluding hydrogens is 630 g/mol. The summed E-state index contributed by atoms with van der Waals surface area (Å²) in [5.74, 6) is -0.361. The molecule has 40 heavy (non-hydrogen) atoms. The Kier molecular flexibility index (Phi) is 7.27. The molecule has 1 N–H and O–H groups in total. The number of aliphatic hydroxyl groups is 1. The summed E-state index contributed by atoms with van der Waals surface area (Å²) in [6.07, 6.45) is 7.24. The standard InChI is InChI=1S/C32H32N4O2Se2/c37-27-23(29-25(21-13-5-1-6-14-21)33-31(39-29)35-17-9-3-10-18-35)28(38)24(27)30-26(22-15-7-2-8-16-22)34-32(40-30)36-19-11-4-12-20-36/h1-2,5-8,13-16,23,37H,3-4,9-12,17-20H2. The number of nitrogens with zero attached hydrogens (tertiary/aromatic N) is 4. The number of anilines is 2. The predicted molar refractivity (Wildman–Crippen MR) is 163 cm³/mol. The van der Waals surface area contributed by atoms with Crippen LogP contribution in [0.3, 0.4) is 0 Å². The molecule has 3 aliphatic rings. The van der Waals surface area contributed by atoms with E-state index in [0.29, 0.717) is 5.57 Å². The van der Waals surface area contributed by atoms with Crippen LogP contribution in [0.15, 0.2) is 66.4 Å². The molecule has 0 saturated carbocycles. The van der Waals surface area contributed by atoms with Crippen molar-refractivity contribution < 1.29 is 9.90 Å². The fourth-order valence-electron chi connectivity index (χ4n) is 5.96. The number of carbonyl (C=O) groups is 1. The van der Waals surface area contributed by atoms with E-state index in [-0.39, 0.29) is 40.5 Å². The molecule has 2 aromatic carbocycles. The van der Waals surface area contributed by atoms with Crippen LogP contribution in [-0.2, 0) is 4.79 Å². The first kappa shape index (κ1) is 26.0. The van der Waals surface area contributed by atoms with E-state index in [4.69, 9.17) is 9.97 Å². The molecule has 2 saturated heterocycles. The zero-order valence-corrected chi connectivity index (χ0v) is 25.8. The van der Waals surface area contributed by atoms with Crippen molar-refractivity contribution in [1.82, 2.24) is 9.97 Å². The number of hydrogen-bond donors (Lipinski definition) is 1. The molecule has 6 nitrogen and oxygen atoms in total. The molecule has 0 amide bonds. The third-order valence-electron chi connectivity index (χ3n) is 8.13. The maximum atomic E-state index is 14.1. The summed E-state index contributed by atoms with van der Waals surface area (Å²) in [6.45, 7) is 4.08. The molecule has 2 fully saturated rings. The van der Waals surface area contributed by atoms with Gasteiger partial charge in [0.05, 0.1) is 0 Å². The Hall–Kier alpha value is -2.89. The molecule has 2 aliphatic heterocycles. The number of carbonyl (C=O) groups excluding carboxylic acids is 1. The molecule has 0 bridgehead atoms. The van der Waals surface area contributed by atoms with Crippen LogP contribution in [0.4, 0.5) is 9.38 Å². The second kappa shape index (κ2) is 11.2. The molecule has 0 radical (unpaired) electrons. The first-order valence-electron chi connectivity index (χ1n) is 14.3. The molecule has 1 aliphatic carbocycles. The van der Waals surface area contributed by atoms with Gasteiger partial charge in [-0.15, -0.1) is 0 Å². The van der Waals surface area contributed by atoms with Gasteiger partial charge < -0.3 is 0 Å². The summed E-state index contributed by atoms with van der Waals surface area (Å²) in [5.41, 5.74) is 4.26. The Morgan fingerprint density at radius 2 is 1.18 bits per heavy atom. The van der Waals surface area contributed by atoms with Gasteiger partial charge >= 0.3 is 248 Å². The summed E-state index contributed by atoms with van der Waals surface area (Å²) in [7, 11) is 0. The van der Waals surface area contributed by atoms with Crippen LogP contribution in [-0.4, -0.2) is 76.0 Å². The number of aliphatic hydroxyl groups excluding tert-OH is 1. The summed E-state index contributed by atoms with van der Waals surface area (Å²) in [6, 6.07) is 20.3. The van der Waals surface area contributed by atoms with E-state index in [1.54, 1.807) is 0 Å². The fourth-order valence-corrected chi connectivity index (χ4v) is 11.1. The van der Waals surface area contributed by atoms with E-state index in [0.717, 1.165) is 67.0 Å². The molecule has 4 heterocycles. The summed E-state index contributed by atoms with van der Waals surface area (Å²) >= 11 is -0.228. The molecule has 8 heteroatoms. The van der Waals surface area contributed by atoms with Crippen molar-refractivity contribution >= 4 is 49.7 Å². The van der Waals surface area contributed by atoms with E-state index >= 15 is 0 Å². The van der Waals surface area contributed by atoms with E-state index in [1.165, 1.54) is 38.5 Å². The first-order chi connectivity index (χ1) is 19.7. The van der Waals surface area contributed by atoms with Crippen LogP contribution in [0, 0.1) is 0 Å². The zero-order chi connectivity index (χ0) is 27.1. The van der Waals surface area contributed by atoms with Gasteiger partial charge in [-0.1, -0.05) is 0 Å². The molecule has 1 atom stereocenters. The Balaban J connectivity index is 1.31.